The molecule has 0 aromatic heterocycles. The van der Waals surface area contributed by atoms with Crippen molar-refractivity contribution in [2.24, 2.45) is 5.92 Å². The molecule has 1 N–H and O–H groups in total. The number of hydrogen-bond acceptors (Lipinski definition) is 3. The molecule has 0 aliphatic carbocycles. The first-order valence-electron chi connectivity index (χ1n) is 8.42. The normalized spacial score (nSPS) is 22.3. The minimum Gasteiger partial charge on any atom is -0.497 e. The molecule has 2 heterocycles. The molecule has 0 unspecified atom stereocenters. The number of piperidine rings is 2. The Balaban J connectivity index is 1.47. The lowest BCUT2D eigenvalue weighted by atomic mass is 9.88. The molecule has 2 aliphatic rings. The van der Waals surface area contributed by atoms with Crippen molar-refractivity contribution in [1.29, 1.82) is 0 Å². The van der Waals surface area contributed by atoms with Crippen molar-refractivity contribution in [3.05, 3.63) is 29.8 Å². The molecule has 1 aromatic rings. The van der Waals surface area contributed by atoms with Crippen LogP contribution in [-0.4, -0.2) is 44.7 Å². The van der Waals surface area contributed by atoms with Gasteiger partial charge in [-0.05, 0) is 81.4 Å². The van der Waals surface area contributed by atoms with E-state index in [0.29, 0.717) is 0 Å². The minimum absolute atomic E-state index is 0.736. The highest BCUT2D eigenvalue weighted by molar-refractivity contribution is 5.29. The fraction of sp³-hybridized carbons (Fsp3) is 0.667. The van der Waals surface area contributed by atoms with Gasteiger partial charge in [0.1, 0.15) is 5.75 Å². The molecule has 0 amide bonds. The Bertz CT molecular complexity index is 417. The SMILES string of the molecule is COc1ccc(C2CCN(CC3CCNCC3)CC2)cc1. The summed E-state index contributed by atoms with van der Waals surface area (Å²) >= 11 is 0. The zero-order valence-electron chi connectivity index (χ0n) is 13.2. The third-order valence-electron chi connectivity index (χ3n) is 5.15. The van der Waals surface area contributed by atoms with E-state index < -0.39 is 0 Å². The fourth-order valence-corrected chi connectivity index (χ4v) is 3.75. The van der Waals surface area contributed by atoms with Gasteiger partial charge in [0.15, 0.2) is 0 Å². The quantitative estimate of drug-likeness (QED) is 0.922. The van der Waals surface area contributed by atoms with Crippen LogP contribution in [0, 0.1) is 5.92 Å². The molecule has 3 rings (SSSR count). The van der Waals surface area contributed by atoms with Crippen molar-refractivity contribution in [2.45, 2.75) is 31.6 Å². The first-order chi connectivity index (χ1) is 10.3. The smallest absolute Gasteiger partial charge is 0.118 e. The Morgan fingerprint density at radius 3 is 2.33 bits per heavy atom. The second-order valence-corrected chi connectivity index (χ2v) is 6.54. The van der Waals surface area contributed by atoms with Crippen LogP contribution in [0.4, 0.5) is 0 Å². The summed E-state index contributed by atoms with van der Waals surface area (Å²) in [6.45, 7) is 6.28. The van der Waals surface area contributed by atoms with Crippen molar-refractivity contribution >= 4 is 0 Å². The predicted molar refractivity (Wildman–Crippen MR) is 87.0 cm³/mol. The molecule has 1 aromatic carbocycles. The monoisotopic (exact) mass is 288 g/mol. The van der Waals surface area contributed by atoms with Gasteiger partial charge in [-0.1, -0.05) is 12.1 Å². The Hall–Kier alpha value is -1.06. The van der Waals surface area contributed by atoms with Gasteiger partial charge in [-0.15, -0.1) is 0 Å². The lowest BCUT2D eigenvalue weighted by Crippen LogP contribution is -2.39. The second-order valence-electron chi connectivity index (χ2n) is 6.54. The second kappa shape index (κ2) is 7.28. The molecule has 0 spiro atoms. The lowest BCUT2D eigenvalue weighted by Gasteiger charge is -2.35. The van der Waals surface area contributed by atoms with E-state index in [-0.39, 0.29) is 0 Å². The van der Waals surface area contributed by atoms with Gasteiger partial charge < -0.3 is 15.0 Å². The summed E-state index contributed by atoms with van der Waals surface area (Å²) in [6, 6.07) is 8.67. The maximum Gasteiger partial charge on any atom is 0.118 e. The van der Waals surface area contributed by atoms with E-state index in [2.05, 4.69) is 34.5 Å². The highest BCUT2D eigenvalue weighted by Crippen LogP contribution is 2.30. The Kier molecular flexibility index (Phi) is 5.15. The molecule has 0 bridgehead atoms. The van der Waals surface area contributed by atoms with Gasteiger partial charge in [-0.25, -0.2) is 0 Å². The number of ether oxygens (including phenoxy) is 1. The van der Waals surface area contributed by atoms with Crippen LogP contribution in [0.3, 0.4) is 0 Å². The average Bonchev–Trinajstić information content (AvgIpc) is 2.57. The maximum atomic E-state index is 5.24. The van der Waals surface area contributed by atoms with Crippen LogP contribution in [-0.2, 0) is 0 Å². The van der Waals surface area contributed by atoms with Gasteiger partial charge in [0.05, 0.1) is 7.11 Å². The minimum atomic E-state index is 0.736. The van der Waals surface area contributed by atoms with Gasteiger partial charge in [0.2, 0.25) is 0 Å². The number of methoxy groups -OCH3 is 1. The maximum absolute atomic E-state index is 5.24. The van der Waals surface area contributed by atoms with Crippen LogP contribution in [0.1, 0.15) is 37.2 Å². The Morgan fingerprint density at radius 1 is 1.05 bits per heavy atom. The number of likely N-dealkylation sites (tertiary alicyclic amines) is 1. The van der Waals surface area contributed by atoms with E-state index in [1.54, 1.807) is 7.11 Å². The predicted octanol–water partition coefficient (Wildman–Crippen LogP) is 2.87. The number of rotatable bonds is 4. The van der Waals surface area contributed by atoms with E-state index in [9.17, 15) is 0 Å². The summed E-state index contributed by atoms with van der Waals surface area (Å²) in [6.07, 6.45) is 5.32. The summed E-state index contributed by atoms with van der Waals surface area (Å²) in [5.41, 5.74) is 1.48. The van der Waals surface area contributed by atoms with Gasteiger partial charge in [0, 0.05) is 6.54 Å². The van der Waals surface area contributed by atoms with E-state index in [1.807, 2.05) is 0 Å². The van der Waals surface area contributed by atoms with Crippen LogP contribution in [0.25, 0.3) is 0 Å². The largest absolute Gasteiger partial charge is 0.497 e. The molecule has 3 nitrogen and oxygen atoms in total. The van der Waals surface area contributed by atoms with Gasteiger partial charge in [-0.2, -0.15) is 0 Å². The number of nitrogens with one attached hydrogen (secondary N) is 1. The first kappa shape index (κ1) is 14.9. The molecule has 116 valence electrons. The summed E-state index contributed by atoms with van der Waals surface area (Å²) in [5.74, 6) is 2.62. The average molecular weight is 288 g/mol. The summed E-state index contributed by atoms with van der Waals surface area (Å²) in [5, 5.41) is 3.46. The zero-order chi connectivity index (χ0) is 14.5. The third kappa shape index (κ3) is 3.98. The molecule has 2 fully saturated rings. The van der Waals surface area contributed by atoms with Crippen LogP contribution < -0.4 is 10.1 Å². The molecule has 0 atom stereocenters. The molecular weight excluding hydrogens is 260 g/mol. The van der Waals surface area contributed by atoms with Crippen molar-refractivity contribution in [3.8, 4) is 5.75 Å². The zero-order valence-corrected chi connectivity index (χ0v) is 13.2. The van der Waals surface area contributed by atoms with E-state index in [4.69, 9.17) is 4.74 Å². The Morgan fingerprint density at radius 2 is 1.71 bits per heavy atom. The van der Waals surface area contributed by atoms with E-state index in [0.717, 1.165) is 17.6 Å². The number of nitrogens with zero attached hydrogens (tertiary/aromatic N) is 1. The topological polar surface area (TPSA) is 24.5 Å². The molecule has 21 heavy (non-hydrogen) atoms. The third-order valence-corrected chi connectivity index (χ3v) is 5.15. The van der Waals surface area contributed by atoms with Crippen LogP contribution in [0.2, 0.25) is 0 Å². The van der Waals surface area contributed by atoms with Crippen LogP contribution >= 0.6 is 0 Å². The number of hydrogen-bond donors (Lipinski definition) is 1. The van der Waals surface area contributed by atoms with Crippen molar-refractivity contribution in [1.82, 2.24) is 10.2 Å². The summed E-state index contributed by atoms with van der Waals surface area (Å²) in [4.78, 5) is 2.69. The van der Waals surface area contributed by atoms with Crippen LogP contribution in [0.5, 0.6) is 5.75 Å². The molecule has 2 saturated heterocycles. The molecule has 0 saturated carbocycles. The van der Waals surface area contributed by atoms with Gasteiger partial charge >= 0.3 is 0 Å². The Labute approximate surface area is 128 Å². The first-order valence-corrected chi connectivity index (χ1v) is 8.42. The molecule has 2 aliphatic heterocycles. The molecular formula is C18H28N2O. The van der Waals surface area contributed by atoms with E-state index in [1.165, 1.54) is 64.0 Å². The van der Waals surface area contributed by atoms with Crippen molar-refractivity contribution in [3.63, 3.8) is 0 Å². The van der Waals surface area contributed by atoms with Crippen LogP contribution in [0.15, 0.2) is 24.3 Å². The van der Waals surface area contributed by atoms with Crippen molar-refractivity contribution in [2.75, 3.05) is 39.8 Å². The van der Waals surface area contributed by atoms with Gasteiger partial charge in [0.25, 0.3) is 0 Å². The lowest BCUT2D eigenvalue weighted by molar-refractivity contribution is 0.167. The van der Waals surface area contributed by atoms with Gasteiger partial charge in [-0.3, -0.25) is 0 Å². The van der Waals surface area contributed by atoms with Crippen molar-refractivity contribution < 1.29 is 4.74 Å². The summed E-state index contributed by atoms with van der Waals surface area (Å²) in [7, 11) is 1.73. The molecule has 3 heteroatoms. The fourth-order valence-electron chi connectivity index (χ4n) is 3.75. The standard InChI is InChI=1S/C18H28N2O/c1-21-18-4-2-16(3-5-18)17-8-12-20(13-9-17)14-15-6-10-19-11-7-15/h2-5,15,17,19H,6-14H2,1H3. The highest BCUT2D eigenvalue weighted by atomic mass is 16.5. The number of benzene rings is 1. The highest BCUT2D eigenvalue weighted by Gasteiger charge is 2.23. The van der Waals surface area contributed by atoms with E-state index >= 15 is 0 Å². The molecule has 0 radical (unpaired) electrons. The summed E-state index contributed by atoms with van der Waals surface area (Å²) < 4.78 is 5.24.